The van der Waals surface area contributed by atoms with Crippen molar-refractivity contribution in [3.8, 4) is 11.5 Å². The maximum atomic E-state index is 14.6. The Hall–Kier alpha value is -2.62. The number of halogens is 2. The first-order valence-corrected chi connectivity index (χ1v) is 15.8. The normalized spacial score (nSPS) is 11.6. The molecule has 7 nitrogen and oxygen atoms in total. The van der Waals surface area contributed by atoms with Crippen molar-refractivity contribution in [3.63, 3.8) is 0 Å². The summed E-state index contributed by atoms with van der Waals surface area (Å²) in [5.74, 6) is 0.0617. The van der Waals surface area contributed by atoms with E-state index in [1.54, 1.807) is 18.3 Å². The van der Waals surface area contributed by atoms with E-state index in [0.29, 0.717) is 35.1 Å². The van der Waals surface area contributed by atoms with Gasteiger partial charge in [0.25, 0.3) is 0 Å². The van der Waals surface area contributed by atoms with Crippen LogP contribution >= 0.6 is 11.6 Å². The number of anilines is 1. The molecule has 0 aliphatic rings. The average molecular weight is 522 g/mol. The SMILES string of the molecule is CCCCOC(=O)Nc1ccc(Oc2ccnc3c2c(Cl)c(C)n3COCC[Si](C)(C)C)cc1F. The second kappa shape index (κ2) is 11.9. The van der Waals surface area contributed by atoms with Gasteiger partial charge in [0.2, 0.25) is 0 Å². The zero-order valence-electron chi connectivity index (χ0n) is 20.9. The number of carbonyl (C=O) groups is 1. The Labute approximate surface area is 211 Å². The Balaban J connectivity index is 1.76. The molecule has 0 aliphatic carbocycles. The average Bonchev–Trinajstić information content (AvgIpc) is 3.03. The van der Waals surface area contributed by atoms with Gasteiger partial charge >= 0.3 is 6.09 Å². The molecule has 2 heterocycles. The fourth-order valence-corrected chi connectivity index (χ4v) is 4.36. The maximum absolute atomic E-state index is 14.6. The van der Waals surface area contributed by atoms with Gasteiger partial charge in [-0.05, 0) is 37.6 Å². The summed E-state index contributed by atoms with van der Waals surface area (Å²) in [6.45, 7) is 12.1. The zero-order valence-corrected chi connectivity index (χ0v) is 22.7. The standard InChI is InChI=1S/C25H33ClFN3O4Si/c1-6-7-12-33-25(31)29-20-9-8-18(15-19(20)27)34-21-10-11-28-24-22(21)23(26)17(2)30(24)16-32-13-14-35(3,4)5/h8-11,15H,6-7,12-14,16H2,1-5H3,(H,29,31). The Morgan fingerprint density at radius 3 is 2.69 bits per heavy atom. The van der Waals surface area contributed by atoms with Crippen LogP contribution in [0.5, 0.6) is 11.5 Å². The zero-order chi connectivity index (χ0) is 25.6. The van der Waals surface area contributed by atoms with E-state index < -0.39 is 20.0 Å². The number of ether oxygens (including phenoxy) is 3. The first-order chi connectivity index (χ1) is 16.6. The minimum absolute atomic E-state index is 0.00854. The number of unbranched alkanes of at least 4 members (excludes halogenated alkanes) is 1. The number of hydrogen-bond acceptors (Lipinski definition) is 5. The molecule has 1 aromatic carbocycles. The number of benzene rings is 1. The van der Waals surface area contributed by atoms with E-state index in [4.69, 9.17) is 25.8 Å². The summed E-state index contributed by atoms with van der Waals surface area (Å²) in [5.41, 5.74) is 1.45. The largest absolute Gasteiger partial charge is 0.456 e. The third kappa shape index (κ3) is 7.19. The van der Waals surface area contributed by atoms with Gasteiger partial charge in [0.05, 0.1) is 22.7 Å². The van der Waals surface area contributed by atoms with Gasteiger partial charge in [-0.3, -0.25) is 5.32 Å². The molecule has 0 unspecified atom stereocenters. The van der Waals surface area contributed by atoms with E-state index in [2.05, 4.69) is 29.9 Å². The quantitative estimate of drug-likeness (QED) is 0.208. The van der Waals surface area contributed by atoms with Crippen molar-refractivity contribution in [2.75, 3.05) is 18.5 Å². The lowest BCUT2D eigenvalue weighted by Gasteiger charge is -2.16. The Morgan fingerprint density at radius 1 is 1.23 bits per heavy atom. The number of nitrogens with zero attached hydrogens (tertiary/aromatic N) is 2. The van der Waals surface area contributed by atoms with Crippen LogP contribution in [0.2, 0.25) is 30.7 Å². The van der Waals surface area contributed by atoms with Gasteiger partial charge in [-0.2, -0.15) is 0 Å². The fraction of sp³-hybridized carbons (Fsp3) is 0.440. The number of pyridine rings is 1. The number of fused-ring (bicyclic) bond motifs is 1. The fourth-order valence-electron chi connectivity index (χ4n) is 3.32. The highest BCUT2D eigenvalue weighted by atomic mass is 35.5. The van der Waals surface area contributed by atoms with E-state index in [1.807, 2.05) is 18.4 Å². The monoisotopic (exact) mass is 521 g/mol. The van der Waals surface area contributed by atoms with E-state index in [9.17, 15) is 9.18 Å². The second-order valence-corrected chi connectivity index (χ2v) is 15.5. The lowest BCUT2D eigenvalue weighted by molar-refractivity contribution is 0.0886. The third-order valence-corrected chi connectivity index (χ3v) is 7.61. The van der Waals surface area contributed by atoms with Crippen molar-refractivity contribution in [2.24, 2.45) is 0 Å². The highest BCUT2D eigenvalue weighted by Crippen LogP contribution is 2.38. The number of amides is 1. The smallest absolute Gasteiger partial charge is 0.411 e. The van der Waals surface area contributed by atoms with Crippen LogP contribution in [0.15, 0.2) is 30.5 Å². The third-order valence-electron chi connectivity index (χ3n) is 5.44. The van der Waals surface area contributed by atoms with Crippen molar-refractivity contribution in [1.29, 1.82) is 0 Å². The van der Waals surface area contributed by atoms with Crippen LogP contribution in [-0.4, -0.2) is 36.9 Å². The van der Waals surface area contributed by atoms with Crippen molar-refractivity contribution < 1.29 is 23.4 Å². The molecule has 0 spiro atoms. The number of rotatable bonds is 11. The molecule has 1 amide bonds. The minimum atomic E-state index is -1.19. The van der Waals surface area contributed by atoms with Crippen molar-refractivity contribution in [3.05, 3.63) is 47.0 Å². The van der Waals surface area contributed by atoms with Gasteiger partial charge in [0, 0.05) is 32.6 Å². The molecule has 1 N–H and O–H groups in total. The topological polar surface area (TPSA) is 74.6 Å². The lowest BCUT2D eigenvalue weighted by Crippen LogP contribution is -2.22. The van der Waals surface area contributed by atoms with Crippen LogP contribution in [0.4, 0.5) is 14.9 Å². The molecule has 0 aliphatic heterocycles. The summed E-state index contributed by atoms with van der Waals surface area (Å²) in [4.78, 5) is 16.3. The van der Waals surface area contributed by atoms with Crippen LogP contribution in [0.1, 0.15) is 25.5 Å². The number of carbonyl (C=O) groups excluding carboxylic acids is 1. The first-order valence-electron chi connectivity index (χ1n) is 11.7. The Morgan fingerprint density at radius 2 is 2.00 bits per heavy atom. The Kier molecular flexibility index (Phi) is 9.15. The highest BCUT2D eigenvalue weighted by molar-refractivity contribution is 6.76. The summed E-state index contributed by atoms with van der Waals surface area (Å²) < 4.78 is 33.4. The molecule has 0 saturated carbocycles. The maximum Gasteiger partial charge on any atom is 0.411 e. The molecule has 10 heteroatoms. The van der Waals surface area contributed by atoms with Gasteiger partial charge in [-0.25, -0.2) is 14.2 Å². The number of hydrogen-bond donors (Lipinski definition) is 1. The van der Waals surface area contributed by atoms with Gasteiger partial charge in [0.1, 0.15) is 23.9 Å². The van der Waals surface area contributed by atoms with Crippen molar-refractivity contribution >= 4 is 42.5 Å². The van der Waals surface area contributed by atoms with Gasteiger partial charge < -0.3 is 18.8 Å². The van der Waals surface area contributed by atoms with Gasteiger partial charge in [0.15, 0.2) is 5.82 Å². The van der Waals surface area contributed by atoms with E-state index in [1.165, 1.54) is 12.1 Å². The molecular formula is C25H33ClFN3O4Si. The molecule has 0 saturated heterocycles. The second-order valence-electron chi connectivity index (χ2n) is 9.54. The molecule has 3 rings (SSSR count). The summed E-state index contributed by atoms with van der Waals surface area (Å²) in [6, 6.07) is 6.93. The number of aromatic nitrogens is 2. The summed E-state index contributed by atoms with van der Waals surface area (Å²) in [6.07, 6.45) is 2.56. The Bertz CT molecular complexity index is 1180. The van der Waals surface area contributed by atoms with E-state index in [0.717, 1.165) is 24.6 Å². The molecule has 190 valence electrons. The predicted molar refractivity (Wildman–Crippen MR) is 140 cm³/mol. The van der Waals surface area contributed by atoms with Crippen LogP contribution in [0, 0.1) is 12.7 Å². The summed E-state index contributed by atoms with van der Waals surface area (Å²) in [5, 5.41) is 3.54. The van der Waals surface area contributed by atoms with Crippen LogP contribution in [0.3, 0.4) is 0 Å². The van der Waals surface area contributed by atoms with Crippen molar-refractivity contribution in [2.45, 2.75) is 59.1 Å². The molecule has 0 bridgehead atoms. The van der Waals surface area contributed by atoms with E-state index in [-0.39, 0.29) is 18.0 Å². The highest BCUT2D eigenvalue weighted by Gasteiger charge is 2.19. The molecule has 0 fully saturated rings. The lowest BCUT2D eigenvalue weighted by atomic mass is 10.2. The molecule has 35 heavy (non-hydrogen) atoms. The summed E-state index contributed by atoms with van der Waals surface area (Å²) in [7, 11) is -1.19. The van der Waals surface area contributed by atoms with Crippen LogP contribution < -0.4 is 10.1 Å². The van der Waals surface area contributed by atoms with Crippen LogP contribution in [-0.2, 0) is 16.2 Å². The van der Waals surface area contributed by atoms with Gasteiger partial charge in [-0.15, -0.1) is 0 Å². The van der Waals surface area contributed by atoms with Crippen LogP contribution in [0.25, 0.3) is 11.0 Å². The first kappa shape index (κ1) is 27.0. The molecule has 3 aromatic rings. The molecular weight excluding hydrogens is 489 g/mol. The predicted octanol–water partition coefficient (Wildman–Crippen LogP) is 7.59. The van der Waals surface area contributed by atoms with Gasteiger partial charge in [-0.1, -0.05) is 44.6 Å². The molecule has 2 aromatic heterocycles. The van der Waals surface area contributed by atoms with Crippen molar-refractivity contribution in [1.82, 2.24) is 9.55 Å². The minimum Gasteiger partial charge on any atom is -0.456 e. The molecule has 0 radical (unpaired) electrons. The molecule has 0 atom stereocenters. The van der Waals surface area contributed by atoms with E-state index >= 15 is 0 Å². The number of nitrogens with one attached hydrogen (secondary N) is 1. The summed E-state index contributed by atoms with van der Waals surface area (Å²) >= 11 is 6.64.